The summed E-state index contributed by atoms with van der Waals surface area (Å²) in [7, 11) is 0. The lowest BCUT2D eigenvalue weighted by Crippen LogP contribution is -2.28. The highest BCUT2D eigenvalue weighted by molar-refractivity contribution is 5.89. The van der Waals surface area contributed by atoms with Gasteiger partial charge in [0.15, 0.2) is 5.82 Å². The first-order valence-corrected chi connectivity index (χ1v) is 17.2. The Labute approximate surface area is 282 Å². The summed E-state index contributed by atoms with van der Waals surface area (Å²) >= 11 is 0. The molecule has 1 aromatic heterocycles. The lowest BCUT2D eigenvalue weighted by molar-refractivity contribution is 0.353. The van der Waals surface area contributed by atoms with Crippen LogP contribution in [0.15, 0.2) is 158 Å². The maximum absolute atomic E-state index is 5.04. The van der Waals surface area contributed by atoms with Crippen molar-refractivity contribution in [3.8, 4) is 67.3 Å². The number of nitrogens with zero attached hydrogens (tertiary/aromatic N) is 2. The van der Waals surface area contributed by atoms with Gasteiger partial charge in [-0.25, -0.2) is 9.97 Å². The Morgan fingerprint density at radius 3 is 1.62 bits per heavy atom. The molecule has 0 amide bonds. The Kier molecular flexibility index (Phi) is 7.08. The summed E-state index contributed by atoms with van der Waals surface area (Å²) in [6.45, 7) is 0. The number of aromatic nitrogens is 2. The molecule has 0 radical (unpaired) electrons. The summed E-state index contributed by atoms with van der Waals surface area (Å²) in [6, 6.07) is 56.8. The van der Waals surface area contributed by atoms with Crippen LogP contribution in [-0.4, -0.2) is 9.97 Å². The van der Waals surface area contributed by atoms with E-state index in [0.717, 1.165) is 33.9 Å². The van der Waals surface area contributed by atoms with Gasteiger partial charge < -0.3 is 0 Å². The minimum Gasteiger partial charge on any atom is -0.228 e. The molecule has 2 aliphatic rings. The summed E-state index contributed by atoms with van der Waals surface area (Å²) < 4.78 is 0. The van der Waals surface area contributed by atoms with Crippen molar-refractivity contribution in [3.05, 3.63) is 169 Å². The van der Waals surface area contributed by atoms with Crippen molar-refractivity contribution < 1.29 is 0 Å². The van der Waals surface area contributed by atoms with Gasteiger partial charge in [-0.05, 0) is 69.5 Å². The summed E-state index contributed by atoms with van der Waals surface area (Å²) in [5.74, 6) is 0.729. The summed E-state index contributed by atoms with van der Waals surface area (Å²) in [4.78, 5) is 10.1. The molecule has 1 heterocycles. The highest BCUT2D eigenvalue weighted by Gasteiger charge is 2.45. The highest BCUT2D eigenvalue weighted by atomic mass is 14.9. The van der Waals surface area contributed by atoms with Crippen molar-refractivity contribution in [3.63, 3.8) is 0 Å². The fourth-order valence-corrected chi connectivity index (χ4v) is 8.25. The van der Waals surface area contributed by atoms with E-state index in [1.165, 1.54) is 71.0 Å². The molecule has 7 aromatic rings. The summed E-state index contributed by atoms with van der Waals surface area (Å²) in [5, 5.41) is 0. The number of rotatable bonds is 5. The number of hydrogen-bond acceptors (Lipinski definition) is 2. The first-order chi connectivity index (χ1) is 23.8. The second kappa shape index (κ2) is 11.9. The van der Waals surface area contributed by atoms with Crippen molar-refractivity contribution in [2.45, 2.75) is 37.5 Å². The van der Waals surface area contributed by atoms with E-state index in [0.29, 0.717) is 0 Å². The molecule has 2 nitrogen and oxygen atoms in total. The number of hydrogen-bond donors (Lipinski definition) is 0. The van der Waals surface area contributed by atoms with E-state index in [9.17, 15) is 0 Å². The van der Waals surface area contributed by atoms with Crippen LogP contribution in [-0.2, 0) is 5.41 Å². The first kappa shape index (κ1) is 28.6. The van der Waals surface area contributed by atoms with Crippen molar-refractivity contribution >= 4 is 0 Å². The number of fused-ring (bicyclic) bond motifs is 5. The largest absolute Gasteiger partial charge is 0.228 e. The van der Waals surface area contributed by atoms with Crippen molar-refractivity contribution in [1.29, 1.82) is 0 Å². The Bertz CT molecular complexity index is 2190. The average molecular weight is 617 g/mol. The standard InChI is InChI=1S/C46H36N2/c1-4-14-33(15-5-1)42-31-43(34-16-6-2-7-17-34)48-45(47-42)35-26-24-32(25-27-35)36-18-12-19-37(30-36)38-21-13-22-40-39-20-8-9-23-41(39)46(44(38)40)28-10-3-11-29-46/h1-2,4-9,12-27,30-31H,3,10-11,28-29H2. The van der Waals surface area contributed by atoms with Gasteiger partial charge in [0, 0.05) is 22.1 Å². The van der Waals surface area contributed by atoms with E-state index in [1.807, 2.05) is 12.1 Å². The Morgan fingerprint density at radius 2 is 0.917 bits per heavy atom. The van der Waals surface area contributed by atoms with E-state index in [-0.39, 0.29) is 5.41 Å². The molecular formula is C46H36N2. The second-order valence-electron chi connectivity index (χ2n) is 13.3. The molecule has 0 unspecified atom stereocenters. The van der Waals surface area contributed by atoms with Crippen molar-refractivity contribution in [2.75, 3.05) is 0 Å². The lowest BCUT2D eigenvalue weighted by Gasteiger charge is -2.37. The van der Waals surface area contributed by atoms with Crippen LogP contribution in [0.25, 0.3) is 67.3 Å². The zero-order chi connectivity index (χ0) is 31.9. The predicted molar refractivity (Wildman–Crippen MR) is 199 cm³/mol. The van der Waals surface area contributed by atoms with Gasteiger partial charge >= 0.3 is 0 Å². The molecule has 1 spiro atoms. The van der Waals surface area contributed by atoms with Crippen molar-refractivity contribution in [1.82, 2.24) is 9.97 Å². The van der Waals surface area contributed by atoms with Gasteiger partial charge in [0.2, 0.25) is 0 Å². The molecule has 1 fully saturated rings. The molecule has 6 aromatic carbocycles. The zero-order valence-electron chi connectivity index (χ0n) is 26.9. The fraction of sp³-hybridized carbons (Fsp3) is 0.130. The van der Waals surface area contributed by atoms with Crippen LogP contribution in [0.1, 0.15) is 43.2 Å². The van der Waals surface area contributed by atoms with Gasteiger partial charge in [0.05, 0.1) is 11.4 Å². The maximum atomic E-state index is 5.04. The summed E-state index contributed by atoms with van der Waals surface area (Å²) in [5.41, 5.74) is 16.1. The third kappa shape index (κ3) is 4.88. The molecule has 0 saturated heterocycles. The smallest absolute Gasteiger partial charge is 0.160 e. The van der Waals surface area contributed by atoms with Gasteiger partial charge in [-0.2, -0.15) is 0 Å². The fourth-order valence-electron chi connectivity index (χ4n) is 8.25. The van der Waals surface area contributed by atoms with E-state index >= 15 is 0 Å². The van der Waals surface area contributed by atoms with Gasteiger partial charge in [0.25, 0.3) is 0 Å². The molecule has 2 heteroatoms. The molecule has 1 saturated carbocycles. The van der Waals surface area contributed by atoms with Crippen LogP contribution in [0.5, 0.6) is 0 Å². The summed E-state index contributed by atoms with van der Waals surface area (Å²) in [6.07, 6.45) is 6.38. The van der Waals surface area contributed by atoms with Gasteiger partial charge in [0.1, 0.15) is 0 Å². The van der Waals surface area contributed by atoms with E-state index in [4.69, 9.17) is 9.97 Å². The Morgan fingerprint density at radius 1 is 0.375 bits per heavy atom. The van der Waals surface area contributed by atoms with Crippen LogP contribution < -0.4 is 0 Å². The zero-order valence-corrected chi connectivity index (χ0v) is 26.9. The van der Waals surface area contributed by atoms with E-state index in [2.05, 4.69) is 146 Å². The van der Waals surface area contributed by atoms with Crippen LogP contribution in [0, 0.1) is 0 Å². The van der Waals surface area contributed by atoms with Crippen molar-refractivity contribution in [2.24, 2.45) is 0 Å². The molecule has 0 aliphatic heterocycles. The molecule has 2 aliphatic carbocycles. The monoisotopic (exact) mass is 616 g/mol. The first-order valence-electron chi connectivity index (χ1n) is 17.2. The van der Waals surface area contributed by atoms with Gasteiger partial charge in [-0.1, -0.05) is 165 Å². The SMILES string of the molecule is c1ccc(-c2cc(-c3ccccc3)nc(-c3ccc(-c4cccc(-c5cccc6c5C5(CCCCC5)c5ccccc5-6)c4)cc3)n2)cc1. The average Bonchev–Trinajstić information content (AvgIpc) is 3.44. The third-order valence-corrected chi connectivity index (χ3v) is 10.5. The third-order valence-electron chi connectivity index (χ3n) is 10.5. The van der Waals surface area contributed by atoms with Crippen LogP contribution >= 0.6 is 0 Å². The molecular weight excluding hydrogens is 581 g/mol. The predicted octanol–water partition coefficient (Wildman–Crippen LogP) is 12.0. The quantitative estimate of drug-likeness (QED) is 0.192. The molecule has 48 heavy (non-hydrogen) atoms. The Hall–Kier alpha value is -5.60. The van der Waals surface area contributed by atoms with E-state index < -0.39 is 0 Å². The minimum atomic E-state index is 0.116. The lowest BCUT2D eigenvalue weighted by atomic mass is 9.66. The number of benzene rings is 6. The second-order valence-corrected chi connectivity index (χ2v) is 13.3. The van der Waals surface area contributed by atoms with Gasteiger partial charge in [-0.15, -0.1) is 0 Å². The topological polar surface area (TPSA) is 25.8 Å². The highest BCUT2D eigenvalue weighted by Crippen LogP contribution is 2.58. The maximum Gasteiger partial charge on any atom is 0.160 e. The Balaban J connectivity index is 1.09. The van der Waals surface area contributed by atoms with E-state index in [1.54, 1.807) is 5.56 Å². The minimum absolute atomic E-state index is 0.116. The van der Waals surface area contributed by atoms with Crippen LogP contribution in [0.2, 0.25) is 0 Å². The molecule has 0 atom stereocenters. The van der Waals surface area contributed by atoms with Crippen LogP contribution in [0.4, 0.5) is 0 Å². The van der Waals surface area contributed by atoms with Gasteiger partial charge in [-0.3, -0.25) is 0 Å². The molecule has 9 rings (SSSR count). The van der Waals surface area contributed by atoms with Crippen LogP contribution in [0.3, 0.4) is 0 Å². The molecule has 0 bridgehead atoms. The molecule has 230 valence electrons. The normalized spacial score (nSPS) is 14.4. The molecule has 0 N–H and O–H groups in total.